The van der Waals surface area contributed by atoms with E-state index in [0.717, 1.165) is 40.9 Å². The maximum Gasteiger partial charge on any atom is 0.408 e. The Bertz CT molecular complexity index is 1190. The Morgan fingerprint density at radius 2 is 1.73 bits per heavy atom. The van der Waals surface area contributed by atoms with Crippen LogP contribution in [-0.4, -0.2) is 32.0 Å². The van der Waals surface area contributed by atoms with Crippen LogP contribution in [0.4, 0.5) is 4.79 Å². The zero-order valence-electron chi connectivity index (χ0n) is 16.6. The van der Waals surface area contributed by atoms with E-state index in [4.69, 9.17) is 4.98 Å². The Kier molecular flexibility index (Phi) is 4.51. The number of hydrogen-bond acceptors (Lipinski definition) is 2. The number of pyridine rings is 1. The maximum atomic E-state index is 12.2. The van der Waals surface area contributed by atoms with Gasteiger partial charge in [0, 0.05) is 30.9 Å². The Morgan fingerprint density at radius 3 is 2.47 bits per heavy atom. The standard InChI is InChI=1S/C25H23N3O2/c29-24(30)28-16-8-14-25(28,17-19-9-3-1-4-10-19)22-18-27-15-7-13-21(23(27)26-22)20-11-5-2-6-12-20/h1-7,9-13,15,18H,8,14,16-17H2,(H,29,30)/t25-/m0/s1. The number of imidazole rings is 1. The fourth-order valence-electron chi connectivity index (χ4n) is 4.71. The van der Waals surface area contributed by atoms with Gasteiger partial charge < -0.3 is 9.51 Å². The van der Waals surface area contributed by atoms with Crippen LogP contribution in [0.25, 0.3) is 16.8 Å². The Morgan fingerprint density at radius 1 is 1.00 bits per heavy atom. The molecule has 0 aliphatic carbocycles. The second-order valence-corrected chi connectivity index (χ2v) is 7.88. The summed E-state index contributed by atoms with van der Waals surface area (Å²) < 4.78 is 2.02. The average molecular weight is 397 g/mol. The maximum absolute atomic E-state index is 12.2. The van der Waals surface area contributed by atoms with E-state index in [2.05, 4.69) is 30.3 Å². The van der Waals surface area contributed by atoms with Crippen LogP contribution in [0, 0.1) is 0 Å². The Labute approximate surface area is 175 Å². The highest BCUT2D eigenvalue weighted by atomic mass is 16.4. The number of fused-ring (bicyclic) bond motifs is 1. The van der Waals surface area contributed by atoms with Crippen molar-refractivity contribution in [2.75, 3.05) is 6.54 Å². The Balaban J connectivity index is 1.67. The first-order chi connectivity index (χ1) is 14.7. The quantitative estimate of drug-likeness (QED) is 0.514. The molecule has 2 aromatic heterocycles. The van der Waals surface area contributed by atoms with Gasteiger partial charge >= 0.3 is 6.09 Å². The molecule has 0 radical (unpaired) electrons. The molecule has 2 aromatic carbocycles. The molecule has 150 valence electrons. The van der Waals surface area contributed by atoms with Gasteiger partial charge in [-0.1, -0.05) is 60.7 Å². The third kappa shape index (κ3) is 3.03. The minimum atomic E-state index is -0.885. The van der Waals surface area contributed by atoms with Gasteiger partial charge in [0.25, 0.3) is 0 Å². The van der Waals surface area contributed by atoms with Gasteiger partial charge in [0.15, 0.2) is 0 Å². The number of rotatable bonds is 4. The molecule has 4 aromatic rings. The lowest BCUT2D eigenvalue weighted by atomic mass is 9.85. The molecule has 5 nitrogen and oxygen atoms in total. The van der Waals surface area contributed by atoms with E-state index in [-0.39, 0.29) is 0 Å². The normalized spacial score (nSPS) is 18.7. The molecule has 1 saturated heterocycles. The largest absolute Gasteiger partial charge is 0.465 e. The molecule has 0 saturated carbocycles. The zero-order chi connectivity index (χ0) is 20.6. The summed E-state index contributed by atoms with van der Waals surface area (Å²) >= 11 is 0. The highest BCUT2D eigenvalue weighted by molar-refractivity contribution is 5.78. The van der Waals surface area contributed by atoms with Gasteiger partial charge in [-0.25, -0.2) is 9.78 Å². The summed E-state index contributed by atoms with van der Waals surface area (Å²) in [6, 6.07) is 24.4. The van der Waals surface area contributed by atoms with Crippen molar-refractivity contribution < 1.29 is 9.90 Å². The van der Waals surface area contributed by atoms with Gasteiger partial charge in [0.1, 0.15) is 5.65 Å². The van der Waals surface area contributed by atoms with Crippen molar-refractivity contribution in [3.8, 4) is 11.1 Å². The van der Waals surface area contributed by atoms with Gasteiger partial charge in [0.2, 0.25) is 0 Å². The van der Waals surface area contributed by atoms with Crippen LogP contribution in [-0.2, 0) is 12.0 Å². The molecule has 3 heterocycles. The van der Waals surface area contributed by atoms with Crippen molar-refractivity contribution in [3.05, 3.63) is 96.4 Å². The van der Waals surface area contributed by atoms with E-state index in [1.807, 2.05) is 59.3 Å². The van der Waals surface area contributed by atoms with Crippen LogP contribution in [0.1, 0.15) is 24.1 Å². The molecule has 1 aliphatic heterocycles. The molecular formula is C25H23N3O2. The topological polar surface area (TPSA) is 57.8 Å². The van der Waals surface area contributed by atoms with E-state index in [9.17, 15) is 9.90 Å². The van der Waals surface area contributed by atoms with E-state index >= 15 is 0 Å². The van der Waals surface area contributed by atoms with Crippen molar-refractivity contribution in [2.24, 2.45) is 0 Å². The number of carbonyl (C=O) groups is 1. The highest BCUT2D eigenvalue weighted by Gasteiger charge is 2.47. The van der Waals surface area contributed by atoms with Crippen LogP contribution in [0.2, 0.25) is 0 Å². The zero-order valence-corrected chi connectivity index (χ0v) is 16.6. The van der Waals surface area contributed by atoms with Crippen LogP contribution in [0.3, 0.4) is 0 Å². The second kappa shape index (κ2) is 7.34. The third-order valence-corrected chi connectivity index (χ3v) is 6.10. The first-order valence-electron chi connectivity index (χ1n) is 10.3. The van der Waals surface area contributed by atoms with Crippen molar-refractivity contribution in [3.63, 3.8) is 0 Å². The summed E-state index contributed by atoms with van der Waals surface area (Å²) in [5.74, 6) is 0. The van der Waals surface area contributed by atoms with Crippen LogP contribution >= 0.6 is 0 Å². The molecular weight excluding hydrogens is 374 g/mol. The van der Waals surface area contributed by atoms with Crippen molar-refractivity contribution >= 4 is 11.7 Å². The summed E-state index contributed by atoms with van der Waals surface area (Å²) in [5, 5.41) is 9.99. The molecule has 1 atom stereocenters. The summed E-state index contributed by atoms with van der Waals surface area (Å²) in [6.07, 6.45) is 5.31. The van der Waals surface area contributed by atoms with E-state index in [1.54, 1.807) is 4.90 Å². The minimum Gasteiger partial charge on any atom is -0.465 e. The predicted octanol–water partition coefficient (Wildman–Crippen LogP) is 5.21. The lowest BCUT2D eigenvalue weighted by molar-refractivity contribution is 0.0985. The number of nitrogens with zero attached hydrogens (tertiary/aromatic N) is 3. The van der Waals surface area contributed by atoms with Crippen LogP contribution < -0.4 is 0 Å². The van der Waals surface area contributed by atoms with Crippen LogP contribution in [0.15, 0.2) is 85.2 Å². The lowest BCUT2D eigenvalue weighted by Crippen LogP contribution is -2.46. The summed E-state index contributed by atoms with van der Waals surface area (Å²) in [6.45, 7) is 0.529. The number of carboxylic acid groups (broad SMARTS) is 1. The first-order valence-corrected chi connectivity index (χ1v) is 10.3. The van der Waals surface area contributed by atoms with Gasteiger partial charge in [0.05, 0.1) is 11.2 Å². The Hall–Kier alpha value is -3.60. The molecule has 1 N–H and O–H groups in total. The van der Waals surface area contributed by atoms with Crippen molar-refractivity contribution in [1.82, 2.24) is 14.3 Å². The molecule has 1 aliphatic rings. The SMILES string of the molecule is O=C(O)N1CCC[C@]1(Cc1ccccc1)c1cn2cccc(-c3ccccc3)c2n1. The number of likely N-dealkylation sites (tertiary alicyclic amines) is 1. The number of hydrogen-bond donors (Lipinski definition) is 1. The summed E-state index contributed by atoms with van der Waals surface area (Å²) in [4.78, 5) is 18.8. The predicted molar refractivity (Wildman–Crippen MR) is 116 cm³/mol. The van der Waals surface area contributed by atoms with Gasteiger partial charge in [-0.3, -0.25) is 4.90 Å². The molecule has 0 bridgehead atoms. The van der Waals surface area contributed by atoms with E-state index < -0.39 is 11.6 Å². The lowest BCUT2D eigenvalue weighted by Gasteiger charge is -2.35. The van der Waals surface area contributed by atoms with Crippen LogP contribution in [0.5, 0.6) is 0 Å². The molecule has 30 heavy (non-hydrogen) atoms. The number of aromatic nitrogens is 2. The average Bonchev–Trinajstić information content (AvgIpc) is 3.40. The molecule has 5 rings (SSSR count). The minimum absolute atomic E-state index is 0.529. The smallest absolute Gasteiger partial charge is 0.408 e. The summed E-state index contributed by atoms with van der Waals surface area (Å²) in [7, 11) is 0. The molecule has 0 unspecified atom stereocenters. The highest BCUT2D eigenvalue weighted by Crippen LogP contribution is 2.42. The molecule has 0 spiro atoms. The number of amides is 1. The monoisotopic (exact) mass is 397 g/mol. The van der Waals surface area contributed by atoms with Gasteiger partial charge in [-0.2, -0.15) is 0 Å². The first kappa shape index (κ1) is 18.4. The van der Waals surface area contributed by atoms with Crippen molar-refractivity contribution in [1.29, 1.82) is 0 Å². The van der Waals surface area contributed by atoms with Crippen molar-refractivity contribution in [2.45, 2.75) is 24.8 Å². The second-order valence-electron chi connectivity index (χ2n) is 7.88. The van der Waals surface area contributed by atoms with E-state index in [0.29, 0.717) is 13.0 Å². The fraction of sp³-hybridized carbons (Fsp3) is 0.200. The van der Waals surface area contributed by atoms with E-state index in [1.165, 1.54) is 0 Å². The number of benzene rings is 2. The summed E-state index contributed by atoms with van der Waals surface area (Å²) in [5.41, 5.74) is 4.26. The molecule has 5 heteroatoms. The molecule has 1 fully saturated rings. The van der Waals surface area contributed by atoms with Gasteiger partial charge in [-0.15, -0.1) is 0 Å². The fourth-order valence-corrected chi connectivity index (χ4v) is 4.71. The van der Waals surface area contributed by atoms with Gasteiger partial charge in [-0.05, 0) is 36.1 Å². The third-order valence-electron chi connectivity index (χ3n) is 6.10. The molecule has 1 amide bonds.